The highest BCUT2D eigenvalue weighted by atomic mass is 35.5. The lowest BCUT2D eigenvalue weighted by molar-refractivity contribution is -0.118. The molecular weight excluding hydrogens is 270 g/mol. The van der Waals surface area contributed by atoms with E-state index in [1.54, 1.807) is 23.9 Å². The molecule has 0 aliphatic rings. The van der Waals surface area contributed by atoms with E-state index in [1.165, 1.54) is 0 Å². The lowest BCUT2D eigenvalue weighted by Gasteiger charge is -2.06. The number of benzene rings is 1. The second-order valence-corrected chi connectivity index (χ2v) is 5.25. The molecule has 3 nitrogen and oxygen atoms in total. The van der Waals surface area contributed by atoms with E-state index in [1.807, 2.05) is 19.1 Å². The molecule has 0 heterocycles. The SMILES string of the molecule is CCCNC(=O)CSCCOc1cccc(Cl)c1. The topological polar surface area (TPSA) is 38.3 Å². The Morgan fingerprint density at radius 1 is 1.50 bits per heavy atom. The molecule has 0 radical (unpaired) electrons. The fourth-order valence-corrected chi connectivity index (χ4v) is 2.07. The predicted octanol–water partition coefficient (Wildman–Crippen LogP) is 2.98. The number of hydrogen-bond acceptors (Lipinski definition) is 3. The van der Waals surface area contributed by atoms with Gasteiger partial charge in [0, 0.05) is 17.3 Å². The van der Waals surface area contributed by atoms with Crippen molar-refractivity contribution in [3.05, 3.63) is 29.3 Å². The van der Waals surface area contributed by atoms with Gasteiger partial charge in [0.15, 0.2) is 0 Å². The van der Waals surface area contributed by atoms with Crippen LogP contribution in [0, 0.1) is 0 Å². The number of halogens is 1. The van der Waals surface area contributed by atoms with Gasteiger partial charge in [-0.2, -0.15) is 0 Å². The van der Waals surface area contributed by atoms with E-state index in [0.29, 0.717) is 17.4 Å². The molecule has 100 valence electrons. The van der Waals surface area contributed by atoms with Gasteiger partial charge in [0.05, 0.1) is 12.4 Å². The van der Waals surface area contributed by atoms with E-state index in [2.05, 4.69) is 5.32 Å². The van der Waals surface area contributed by atoms with Crippen LogP contribution in [0.25, 0.3) is 0 Å². The van der Waals surface area contributed by atoms with Crippen molar-refractivity contribution < 1.29 is 9.53 Å². The Hall–Kier alpha value is -0.870. The maximum Gasteiger partial charge on any atom is 0.229 e. The summed E-state index contributed by atoms with van der Waals surface area (Å²) in [5.74, 6) is 2.12. The van der Waals surface area contributed by atoms with Gasteiger partial charge in [-0.05, 0) is 24.6 Å². The van der Waals surface area contributed by atoms with Crippen LogP contribution in [0.2, 0.25) is 5.02 Å². The first-order chi connectivity index (χ1) is 8.72. The third-order valence-electron chi connectivity index (χ3n) is 2.10. The standard InChI is InChI=1S/C13H18ClNO2S/c1-2-6-15-13(16)10-18-8-7-17-12-5-3-4-11(14)9-12/h3-5,9H,2,6-8,10H2,1H3,(H,15,16). The summed E-state index contributed by atoms with van der Waals surface area (Å²) in [6.45, 7) is 3.36. The molecule has 1 aromatic carbocycles. The number of amides is 1. The quantitative estimate of drug-likeness (QED) is 0.747. The van der Waals surface area contributed by atoms with Crippen LogP contribution in [0.3, 0.4) is 0 Å². The highest BCUT2D eigenvalue weighted by Gasteiger charge is 2.00. The molecule has 18 heavy (non-hydrogen) atoms. The molecule has 0 aliphatic carbocycles. The molecule has 0 aromatic heterocycles. The van der Waals surface area contributed by atoms with Gasteiger partial charge < -0.3 is 10.1 Å². The van der Waals surface area contributed by atoms with Crippen LogP contribution in [0.4, 0.5) is 0 Å². The smallest absolute Gasteiger partial charge is 0.229 e. The van der Waals surface area contributed by atoms with Crippen LogP contribution in [0.15, 0.2) is 24.3 Å². The Kier molecular flexibility index (Phi) is 7.69. The number of carbonyl (C=O) groups is 1. The molecular formula is C13H18ClNO2S. The molecule has 0 bridgehead atoms. The average molecular weight is 288 g/mol. The van der Waals surface area contributed by atoms with Gasteiger partial charge in [-0.15, -0.1) is 11.8 Å². The van der Waals surface area contributed by atoms with Crippen molar-refractivity contribution in [1.29, 1.82) is 0 Å². The first-order valence-corrected chi connectivity index (χ1v) is 7.48. The molecule has 0 saturated carbocycles. The van der Waals surface area contributed by atoms with Crippen molar-refractivity contribution in [2.75, 3.05) is 24.7 Å². The number of thioether (sulfide) groups is 1. The number of nitrogens with one attached hydrogen (secondary N) is 1. The fraction of sp³-hybridized carbons (Fsp3) is 0.462. The van der Waals surface area contributed by atoms with Gasteiger partial charge in [-0.25, -0.2) is 0 Å². The molecule has 0 fully saturated rings. The zero-order valence-electron chi connectivity index (χ0n) is 10.4. The van der Waals surface area contributed by atoms with Crippen molar-refractivity contribution in [2.24, 2.45) is 0 Å². The Labute approximate surface area is 117 Å². The third-order valence-corrected chi connectivity index (χ3v) is 3.25. The molecule has 0 aliphatic heterocycles. The summed E-state index contributed by atoms with van der Waals surface area (Å²) < 4.78 is 5.51. The fourth-order valence-electron chi connectivity index (χ4n) is 1.26. The van der Waals surface area contributed by atoms with Crippen LogP contribution >= 0.6 is 23.4 Å². The van der Waals surface area contributed by atoms with E-state index in [4.69, 9.17) is 16.3 Å². The maximum atomic E-state index is 11.3. The third kappa shape index (κ3) is 6.77. The minimum Gasteiger partial charge on any atom is -0.493 e. The Balaban J connectivity index is 2.07. The van der Waals surface area contributed by atoms with E-state index in [-0.39, 0.29) is 5.91 Å². The van der Waals surface area contributed by atoms with E-state index in [9.17, 15) is 4.79 Å². The van der Waals surface area contributed by atoms with Crippen molar-refractivity contribution in [3.63, 3.8) is 0 Å². The van der Waals surface area contributed by atoms with Crippen LogP contribution in [-0.2, 0) is 4.79 Å². The average Bonchev–Trinajstić information content (AvgIpc) is 2.36. The van der Waals surface area contributed by atoms with Crippen LogP contribution in [0.1, 0.15) is 13.3 Å². The molecule has 1 amide bonds. The zero-order chi connectivity index (χ0) is 13.2. The lowest BCUT2D eigenvalue weighted by Crippen LogP contribution is -2.26. The zero-order valence-corrected chi connectivity index (χ0v) is 12.0. The Morgan fingerprint density at radius 3 is 3.06 bits per heavy atom. The van der Waals surface area contributed by atoms with Crippen LogP contribution in [-0.4, -0.2) is 30.6 Å². The van der Waals surface area contributed by atoms with Gasteiger partial charge in [-0.3, -0.25) is 4.79 Å². The second-order valence-electron chi connectivity index (χ2n) is 3.71. The van der Waals surface area contributed by atoms with Crippen LogP contribution < -0.4 is 10.1 Å². The highest BCUT2D eigenvalue weighted by molar-refractivity contribution is 7.99. The van der Waals surface area contributed by atoms with Gasteiger partial charge in [0.1, 0.15) is 5.75 Å². The molecule has 0 saturated heterocycles. The normalized spacial score (nSPS) is 10.1. The van der Waals surface area contributed by atoms with E-state index >= 15 is 0 Å². The molecule has 1 rings (SSSR count). The van der Waals surface area contributed by atoms with Crippen molar-refractivity contribution >= 4 is 29.3 Å². The molecule has 1 aromatic rings. The summed E-state index contributed by atoms with van der Waals surface area (Å²) >= 11 is 7.40. The maximum absolute atomic E-state index is 11.3. The summed E-state index contributed by atoms with van der Waals surface area (Å²) in [7, 11) is 0. The van der Waals surface area contributed by atoms with Gasteiger partial charge >= 0.3 is 0 Å². The summed E-state index contributed by atoms with van der Waals surface area (Å²) in [5, 5.41) is 3.50. The van der Waals surface area contributed by atoms with Gasteiger partial charge in [-0.1, -0.05) is 24.6 Å². The largest absolute Gasteiger partial charge is 0.493 e. The molecule has 0 spiro atoms. The van der Waals surface area contributed by atoms with Crippen LogP contribution in [0.5, 0.6) is 5.75 Å². The molecule has 0 unspecified atom stereocenters. The summed E-state index contributed by atoms with van der Waals surface area (Å²) in [5.41, 5.74) is 0. The summed E-state index contributed by atoms with van der Waals surface area (Å²) in [4.78, 5) is 11.3. The molecule has 5 heteroatoms. The van der Waals surface area contributed by atoms with Gasteiger partial charge in [0.2, 0.25) is 5.91 Å². The second kappa shape index (κ2) is 9.11. The Bertz CT molecular complexity index is 374. The summed E-state index contributed by atoms with van der Waals surface area (Å²) in [6.07, 6.45) is 0.967. The highest BCUT2D eigenvalue weighted by Crippen LogP contribution is 2.17. The molecule has 0 atom stereocenters. The number of rotatable bonds is 8. The predicted molar refractivity (Wildman–Crippen MR) is 77.6 cm³/mol. The monoisotopic (exact) mass is 287 g/mol. The summed E-state index contributed by atoms with van der Waals surface area (Å²) in [6, 6.07) is 7.30. The van der Waals surface area contributed by atoms with E-state index in [0.717, 1.165) is 24.5 Å². The first-order valence-electron chi connectivity index (χ1n) is 5.95. The van der Waals surface area contributed by atoms with Gasteiger partial charge in [0.25, 0.3) is 0 Å². The van der Waals surface area contributed by atoms with Crippen molar-refractivity contribution in [2.45, 2.75) is 13.3 Å². The van der Waals surface area contributed by atoms with E-state index < -0.39 is 0 Å². The lowest BCUT2D eigenvalue weighted by atomic mass is 10.3. The number of carbonyl (C=O) groups excluding carboxylic acids is 1. The minimum atomic E-state index is 0.0876. The van der Waals surface area contributed by atoms with Crippen molar-refractivity contribution in [3.8, 4) is 5.75 Å². The first kappa shape index (κ1) is 15.2. The van der Waals surface area contributed by atoms with Crippen molar-refractivity contribution in [1.82, 2.24) is 5.32 Å². The number of ether oxygens (including phenoxy) is 1. The minimum absolute atomic E-state index is 0.0876. The molecule has 1 N–H and O–H groups in total. The Morgan fingerprint density at radius 2 is 2.33 bits per heavy atom. The number of hydrogen-bond donors (Lipinski definition) is 1.